The lowest BCUT2D eigenvalue weighted by Crippen LogP contribution is -2.36. The molecule has 3 rings (SSSR count). The highest BCUT2D eigenvalue weighted by molar-refractivity contribution is 7.80. The van der Waals surface area contributed by atoms with Crippen LogP contribution in [0.2, 0.25) is 0 Å². The summed E-state index contributed by atoms with van der Waals surface area (Å²) in [4.78, 5) is 29.5. The van der Waals surface area contributed by atoms with E-state index in [0.717, 1.165) is 18.7 Å². The van der Waals surface area contributed by atoms with Crippen molar-refractivity contribution >= 4 is 41.0 Å². The summed E-state index contributed by atoms with van der Waals surface area (Å²) in [5.74, 6) is -0.787. The van der Waals surface area contributed by atoms with Crippen molar-refractivity contribution in [3.05, 3.63) is 35.0 Å². The zero-order chi connectivity index (χ0) is 18.8. The van der Waals surface area contributed by atoms with Crippen LogP contribution in [0.1, 0.15) is 24.0 Å². The molecule has 2 saturated heterocycles. The van der Waals surface area contributed by atoms with Crippen molar-refractivity contribution in [1.29, 1.82) is 0 Å². The summed E-state index contributed by atoms with van der Waals surface area (Å²) in [5.41, 5.74) is 3.82. The molecule has 2 fully saturated rings. The average Bonchev–Trinajstić information content (AvgIpc) is 3.22. The predicted molar refractivity (Wildman–Crippen MR) is 105 cm³/mol. The second-order valence-electron chi connectivity index (χ2n) is 6.58. The zero-order valence-corrected chi connectivity index (χ0v) is 16.1. The first-order valence-corrected chi connectivity index (χ1v) is 9.07. The Bertz CT molecular complexity index is 784. The van der Waals surface area contributed by atoms with Gasteiger partial charge in [-0.1, -0.05) is 6.07 Å². The van der Waals surface area contributed by atoms with Crippen LogP contribution in [0.5, 0.6) is 0 Å². The van der Waals surface area contributed by atoms with Crippen molar-refractivity contribution in [2.45, 2.75) is 19.8 Å². The van der Waals surface area contributed by atoms with Gasteiger partial charge in [-0.15, -0.1) is 0 Å². The van der Waals surface area contributed by atoms with E-state index < -0.39 is 5.97 Å². The molecule has 0 aliphatic carbocycles. The molecule has 2 heterocycles. The molecule has 0 saturated carbocycles. The van der Waals surface area contributed by atoms with E-state index in [1.165, 1.54) is 36.1 Å². The predicted octanol–water partition coefficient (Wildman–Crippen LogP) is 2.17. The van der Waals surface area contributed by atoms with Crippen LogP contribution < -0.4 is 4.90 Å². The van der Waals surface area contributed by atoms with Crippen LogP contribution in [0, 0.1) is 6.92 Å². The van der Waals surface area contributed by atoms with Crippen molar-refractivity contribution in [2.75, 3.05) is 38.7 Å². The van der Waals surface area contributed by atoms with E-state index in [1.54, 1.807) is 11.9 Å². The second kappa shape index (κ2) is 7.45. The number of hydrogen-bond acceptors (Lipinski definition) is 5. The summed E-state index contributed by atoms with van der Waals surface area (Å²) in [6.45, 7) is 4.10. The molecule has 1 amide bonds. The number of amides is 1. The van der Waals surface area contributed by atoms with E-state index in [-0.39, 0.29) is 12.5 Å². The average molecular weight is 373 g/mol. The third-order valence-corrected chi connectivity index (χ3v) is 5.32. The Balaban J connectivity index is 1.84. The van der Waals surface area contributed by atoms with Crippen LogP contribution in [0.25, 0.3) is 6.08 Å². The topological polar surface area (TPSA) is 53.1 Å². The number of thiocarbonyl (C=S) groups is 1. The van der Waals surface area contributed by atoms with Gasteiger partial charge in [0.1, 0.15) is 12.2 Å². The molecule has 1 aromatic rings. The number of anilines is 1. The normalized spacial score (nSPS) is 19.0. The van der Waals surface area contributed by atoms with E-state index in [1.807, 2.05) is 12.1 Å². The third kappa shape index (κ3) is 3.44. The number of nitrogens with zero attached hydrogens (tertiary/aromatic N) is 3. The number of hydrogen-bond donors (Lipinski definition) is 0. The van der Waals surface area contributed by atoms with Crippen molar-refractivity contribution in [1.82, 2.24) is 9.80 Å². The lowest BCUT2D eigenvalue weighted by atomic mass is 10.1. The number of rotatable bonds is 4. The van der Waals surface area contributed by atoms with Gasteiger partial charge in [0.25, 0.3) is 5.91 Å². The Morgan fingerprint density at radius 1 is 1.31 bits per heavy atom. The Kier molecular flexibility index (Phi) is 5.27. The number of ether oxygens (including phenoxy) is 1. The van der Waals surface area contributed by atoms with Crippen LogP contribution in [0.15, 0.2) is 23.9 Å². The van der Waals surface area contributed by atoms with E-state index in [9.17, 15) is 9.59 Å². The molecule has 0 atom stereocenters. The van der Waals surface area contributed by atoms with Crippen molar-refractivity contribution < 1.29 is 14.3 Å². The molecule has 2 aliphatic rings. The van der Waals surface area contributed by atoms with Gasteiger partial charge in [0.15, 0.2) is 5.11 Å². The van der Waals surface area contributed by atoms with Gasteiger partial charge < -0.3 is 14.5 Å². The van der Waals surface area contributed by atoms with Crippen LogP contribution in [-0.4, -0.2) is 60.6 Å². The van der Waals surface area contributed by atoms with E-state index in [0.29, 0.717) is 10.8 Å². The van der Waals surface area contributed by atoms with Gasteiger partial charge in [-0.3, -0.25) is 14.5 Å². The number of likely N-dealkylation sites (N-methyl/N-ethyl adjacent to an activating group) is 1. The van der Waals surface area contributed by atoms with Crippen LogP contribution in [0.4, 0.5) is 5.69 Å². The molecule has 7 heteroatoms. The molecule has 0 N–H and O–H groups in total. The summed E-state index contributed by atoms with van der Waals surface area (Å²) in [6, 6.07) is 6.20. The SMILES string of the molecule is COC(=O)CN1C(=O)/C(=C/c2ccc(N3CCCC3)c(C)c2)N(C)C1=S. The fourth-order valence-electron chi connectivity index (χ4n) is 3.38. The maximum atomic E-state index is 12.7. The molecule has 1 aromatic carbocycles. The number of aryl methyl sites for hydroxylation is 1. The van der Waals surface area contributed by atoms with E-state index >= 15 is 0 Å². The maximum Gasteiger partial charge on any atom is 0.325 e. The first-order chi connectivity index (χ1) is 12.4. The Labute approximate surface area is 159 Å². The van der Waals surface area contributed by atoms with Gasteiger partial charge in [-0.2, -0.15) is 0 Å². The molecule has 0 unspecified atom stereocenters. The largest absolute Gasteiger partial charge is 0.468 e. The van der Waals surface area contributed by atoms with Gasteiger partial charge in [0.05, 0.1) is 7.11 Å². The number of carbonyl (C=O) groups is 2. The standard InChI is InChI=1S/C19H23N3O3S/c1-13-10-14(6-7-15(13)21-8-4-5-9-21)11-16-18(24)22(12-17(23)25-3)19(26)20(16)2/h6-7,10-11H,4-5,8-9,12H2,1-3H3/b16-11-. The molecule has 6 nitrogen and oxygen atoms in total. The molecule has 0 aromatic heterocycles. The van der Waals surface area contributed by atoms with Gasteiger partial charge in [-0.25, -0.2) is 0 Å². The van der Waals surface area contributed by atoms with Gasteiger partial charge in [0, 0.05) is 25.8 Å². The minimum absolute atomic E-state index is 0.178. The zero-order valence-electron chi connectivity index (χ0n) is 15.3. The number of carbonyl (C=O) groups excluding carboxylic acids is 2. The van der Waals surface area contributed by atoms with Crippen molar-refractivity contribution in [3.63, 3.8) is 0 Å². The minimum Gasteiger partial charge on any atom is -0.468 e. The van der Waals surface area contributed by atoms with E-state index in [4.69, 9.17) is 12.2 Å². The first kappa shape index (κ1) is 18.4. The summed E-state index contributed by atoms with van der Waals surface area (Å²) in [5, 5.41) is 0.303. The van der Waals surface area contributed by atoms with Crippen LogP contribution >= 0.6 is 12.2 Å². The smallest absolute Gasteiger partial charge is 0.325 e. The van der Waals surface area contributed by atoms with Gasteiger partial charge in [0.2, 0.25) is 0 Å². The maximum absolute atomic E-state index is 12.7. The lowest BCUT2D eigenvalue weighted by molar-refractivity contribution is -0.143. The summed E-state index contributed by atoms with van der Waals surface area (Å²) >= 11 is 5.29. The Morgan fingerprint density at radius 2 is 2.00 bits per heavy atom. The number of benzene rings is 1. The van der Waals surface area contributed by atoms with Gasteiger partial charge >= 0.3 is 5.97 Å². The van der Waals surface area contributed by atoms with E-state index in [2.05, 4.69) is 28.7 Å². The molecule has 0 bridgehead atoms. The molecule has 0 radical (unpaired) electrons. The fraction of sp³-hybridized carbons (Fsp3) is 0.421. The third-order valence-electron chi connectivity index (χ3n) is 4.83. The van der Waals surface area contributed by atoms with Gasteiger partial charge in [-0.05, 0) is 61.3 Å². The van der Waals surface area contributed by atoms with Crippen LogP contribution in [-0.2, 0) is 14.3 Å². The Hall–Kier alpha value is -2.41. The fourth-order valence-corrected chi connectivity index (χ4v) is 3.63. The lowest BCUT2D eigenvalue weighted by Gasteiger charge is -2.20. The Morgan fingerprint density at radius 3 is 2.62 bits per heavy atom. The second-order valence-corrected chi connectivity index (χ2v) is 6.94. The number of esters is 1. The molecule has 138 valence electrons. The van der Waals surface area contributed by atoms with Crippen LogP contribution in [0.3, 0.4) is 0 Å². The molecule has 26 heavy (non-hydrogen) atoms. The minimum atomic E-state index is -0.499. The number of methoxy groups -OCH3 is 1. The first-order valence-electron chi connectivity index (χ1n) is 8.66. The van der Waals surface area contributed by atoms with Crippen molar-refractivity contribution in [2.24, 2.45) is 0 Å². The summed E-state index contributed by atoms with van der Waals surface area (Å²) < 4.78 is 4.64. The molecular weight excluding hydrogens is 350 g/mol. The van der Waals surface area contributed by atoms with Crippen molar-refractivity contribution in [3.8, 4) is 0 Å². The molecular formula is C19H23N3O3S. The monoisotopic (exact) mass is 373 g/mol. The molecule has 0 spiro atoms. The quantitative estimate of drug-likeness (QED) is 0.458. The highest BCUT2D eigenvalue weighted by atomic mass is 32.1. The molecule has 2 aliphatic heterocycles. The highest BCUT2D eigenvalue weighted by Gasteiger charge is 2.37. The summed E-state index contributed by atoms with van der Waals surface area (Å²) in [7, 11) is 3.02. The summed E-state index contributed by atoms with van der Waals surface area (Å²) in [6.07, 6.45) is 4.28. The highest BCUT2D eigenvalue weighted by Crippen LogP contribution is 2.27.